The van der Waals surface area contributed by atoms with Crippen LogP contribution in [0.25, 0.3) is 0 Å². The zero-order valence-corrected chi connectivity index (χ0v) is 10.1. The van der Waals surface area contributed by atoms with Gasteiger partial charge in [-0.2, -0.15) is 0 Å². The van der Waals surface area contributed by atoms with Crippen LogP contribution in [-0.2, 0) is 4.79 Å². The van der Waals surface area contributed by atoms with Crippen LogP contribution in [0, 0.1) is 5.82 Å². The van der Waals surface area contributed by atoms with Crippen LogP contribution in [0.1, 0.15) is 20.3 Å². The molecule has 0 saturated carbocycles. The number of rotatable bonds is 5. The van der Waals surface area contributed by atoms with Crippen LogP contribution in [0.4, 0.5) is 15.8 Å². The van der Waals surface area contributed by atoms with Crippen LogP contribution >= 0.6 is 0 Å². The average molecular weight is 239 g/mol. The minimum absolute atomic E-state index is 0.200. The number of anilines is 2. The van der Waals surface area contributed by atoms with Crippen LogP contribution in [0.5, 0.6) is 0 Å². The molecule has 0 fully saturated rings. The summed E-state index contributed by atoms with van der Waals surface area (Å²) in [6, 6.07) is 4.45. The fourth-order valence-electron chi connectivity index (χ4n) is 1.40. The Morgan fingerprint density at radius 3 is 2.71 bits per heavy atom. The molecule has 17 heavy (non-hydrogen) atoms. The Morgan fingerprint density at radius 2 is 2.12 bits per heavy atom. The van der Waals surface area contributed by atoms with E-state index in [1.54, 1.807) is 6.07 Å². The zero-order valence-electron chi connectivity index (χ0n) is 10.1. The lowest BCUT2D eigenvalue weighted by atomic mass is 10.2. The van der Waals surface area contributed by atoms with Crippen LogP contribution in [0.3, 0.4) is 0 Å². The zero-order chi connectivity index (χ0) is 12.8. The summed E-state index contributed by atoms with van der Waals surface area (Å²) in [4.78, 5) is 11.4. The number of nitrogens with one attached hydrogen (secondary N) is 2. The van der Waals surface area contributed by atoms with Gasteiger partial charge in [0, 0.05) is 19.0 Å². The van der Waals surface area contributed by atoms with Gasteiger partial charge in [0.25, 0.3) is 0 Å². The van der Waals surface area contributed by atoms with Crippen molar-refractivity contribution in [1.29, 1.82) is 0 Å². The number of amides is 1. The third-order valence-electron chi connectivity index (χ3n) is 2.07. The van der Waals surface area contributed by atoms with Crippen LogP contribution in [0.2, 0.25) is 0 Å². The fraction of sp³-hybridized carbons (Fsp3) is 0.417. The van der Waals surface area contributed by atoms with Gasteiger partial charge in [-0.1, -0.05) is 0 Å². The van der Waals surface area contributed by atoms with E-state index in [0.29, 0.717) is 11.4 Å². The molecular formula is C12H18FN3O. The molecule has 1 aromatic carbocycles. The smallest absolute Gasteiger partial charge is 0.225 e. The molecule has 0 aliphatic heterocycles. The fourth-order valence-corrected chi connectivity index (χ4v) is 1.40. The van der Waals surface area contributed by atoms with E-state index in [0.717, 1.165) is 0 Å². The van der Waals surface area contributed by atoms with Gasteiger partial charge < -0.3 is 16.4 Å². The third-order valence-corrected chi connectivity index (χ3v) is 2.07. The van der Waals surface area contributed by atoms with Crippen molar-refractivity contribution in [2.24, 2.45) is 5.73 Å². The first-order valence-electron chi connectivity index (χ1n) is 5.59. The van der Waals surface area contributed by atoms with Crippen molar-refractivity contribution in [3.8, 4) is 0 Å². The highest BCUT2D eigenvalue weighted by Crippen LogP contribution is 2.23. The molecule has 0 heterocycles. The first-order valence-corrected chi connectivity index (χ1v) is 5.59. The lowest BCUT2D eigenvalue weighted by Crippen LogP contribution is -2.18. The number of nitrogens with two attached hydrogens (primary N) is 1. The Morgan fingerprint density at radius 1 is 1.41 bits per heavy atom. The van der Waals surface area contributed by atoms with Crippen molar-refractivity contribution < 1.29 is 9.18 Å². The van der Waals surface area contributed by atoms with Gasteiger partial charge in [-0.15, -0.1) is 0 Å². The van der Waals surface area contributed by atoms with Gasteiger partial charge in [0.05, 0.1) is 11.4 Å². The van der Waals surface area contributed by atoms with Crippen LogP contribution in [0.15, 0.2) is 18.2 Å². The first kappa shape index (κ1) is 13.4. The van der Waals surface area contributed by atoms with Crippen molar-refractivity contribution in [1.82, 2.24) is 0 Å². The molecule has 0 radical (unpaired) electrons. The van der Waals surface area contributed by atoms with E-state index >= 15 is 0 Å². The van der Waals surface area contributed by atoms with Gasteiger partial charge >= 0.3 is 0 Å². The normalized spacial score (nSPS) is 10.4. The maximum atomic E-state index is 13.1. The molecule has 0 atom stereocenters. The average Bonchev–Trinajstić information content (AvgIpc) is 2.22. The predicted molar refractivity (Wildman–Crippen MR) is 67.5 cm³/mol. The molecule has 0 bridgehead atoms. The molecule has 0 aromatic heterocycles. The SMILES string of the molecule is CC(C)Nc1ccc(F)cc1NC(=O)CCN. The molecule has 4 nitrogen and oxygen atoms in total. The number of halogens is 1. The van der Waals surface area contributed by atoms with Crippen LogP contribution in [-0.4, -0.2) is 18.5 Å². The molecule has 5 heteroatoms. The summed E-state index contributed by atoms with van der Waals surface area (Å²) in [5.74, 6) is -0.604. The number of benzene rings is 1. The highest BCUT2D eigenvalue weighted by molar-refractivity contribution is 5.94. The molecule has 0 aliphatic carbocycles. The Bertz CT molecular complexity index is 393. The molecule has 0 spiro atoms. The molecule has 1 rings (SSSR count). The van der Waals surface area contributed by atoms with E-state index in [1.165, 1.54) is 12.1 Å². The van der Waals surface area contributed by atoms with Gasteiger partial charge in [-0.05, 0) is 32.0 Å². The summed E-state index contributed by atoms with van der Waals surface area (Å²) in [6.07, 6.45) is 0.220. The van der Waals surface area contributed by atoms with E-state index in [1.807, 2.05) is 13.8 Å². The second-order valence-electron chi connectivity index (χ2n) is 4.08. The number of carbonyl (C=O) groups is 1. The molecular weight excluding hydrogens is 221 g/mol. The second kappa shape index (κ2) is 6.20. The van der Waals surface area contributed by atoms with E-state index < -0.39 is 0 Å². The summed E-state index contributed by atoms with van der Waals surface area (Å²) in [6.45, 7) is 4.21. The predicted octanol–water partition coefficient (Wildman–Crippen LogP) is 1.93. The Labute approximate surface area is 100 Å². The summed E-state index contributed by atoms with van der Waals surface area (Å²) < 4.78 is 13.1. The summed E-state index contributed by atoms with van der Waals surface area (Å²) in [5.41, 5.74) is 6.42. The minimum Gasteiger partial charge on any atom is -0.381 e. The van der Waals surface area contributed by atoms with Gasteiger partial charge in [0.15, 0.2) is 0 Å². The van der Waals surface area contributed by atoms with Crippen molar-refractivity contribution in [2.75, 3.05) is 17.2 Å². The molecule has 4 N–H and O–H groups in total. The first-order chi connectivity index (χ1) is 8.02. The van der Waals surface area contributed by atoms with E-state index in [2.05, 4.69) is 10.6 Å². The number of carbonyl (C=O) groups excluding carboxylic acids is 1. The van der Waals surface area contributed by atoms with E-state index in [-0.39, 0.29) is 30.7 Å². The number of hydrogen-bond donors (Lipinski definition) is 3. The Balaban J connectivity index is 2.86. The summed E-state index contributed by atoms with van der Waals surface area (Å²) >= 11 is 0. The maximum absolute atomic E-state index is 13.1. The number of hydrogen-bond acceptors (Lipinski definition) is 3. The molecule has 1 aromatic rings. The highest BCUT2D eigenvalue weighted by Gasteiger charge is 2.08. The second-order valence-corrected chi connectivity index (χ2v) is 4.08. The van der Waals surface area contributed by atoms with E-state index in [9.17, 15) is 9.18 Å². The quantitative estimate of drug-likeness (QED) is 0.735. The Hall–Kier alpha value is -1.62. The molecule has 1 amide bonds. The van der Waals surface area contributed by atoms with Crippen molar-refractivity contribution in [3.05, 3.63) is 24.0 Å². The van der Waals surface area contributed by atoms with Crippen LogP contribution < -0.4 is 16.4 Å². The summed E-state index contributed by atoms with van der Waals surface area (Å²) in [7, 11) is 0. The largest absolute Gasteiger partial charge is 0.381 e. The minimum atomic E-state index is -0.387. The van der Waals surface area contributed by atoms with Crippen molar-refractivity contribution in [2.45, 2.75) is 26.3 Å². The lowest BCUT2D eigenvalue weighted by Gasteiger charge is -2.15. The Kier molecular flexibility index (Phi) is 4.90. The lowest BCUT2D eigenvalue weighted by molar-refractivity contribution is -0.116. The van der Waals surface area contributed by atoms with Crippen molar-refractivity contribution >= 4 is 17.3 Å². The monoisotopic (exact) mass is 239 g/mol. The van der Waals surface area contributed by atoms with Gasteiger partial charge in [0.1, 0.15) is 5.82 Å². The van der Waals surface area contributed by atoms with Gasteiger partial charge in [-0.3, -0.25) is 4.79 Å². The van der Waals surface area contributed by atoms with E-state index in [4.69, 9.17) is 5.73 Å². The van der Waals surface area contributed by atoms with Crippen molar-refractivity contribution in [3.63, 3.8) is 0 Å². The molecule has 0 unspecified atom stereocenters. The standard InChI is InChI=1S/C12H18FN3O/c1-8(2)15-10-4-3-9(13)7-11(10)16-12(17)5-6-14/h3-4,7-8,15H,5-6,14H2,1-2H3,(H,16,17). The molecule has 0 aliphatic rings. The molecule has 94 valence electrons. The summed E-state index contributed by atoms with van der Waals surface area (Å²) in [5, 5.41) is 5.77. The highest BCUT2D eigenvalue weighted by atomic mass is 19.1. The molecule has 0 saturated heterocycles. The maximum Gasteiger partial charge on any atom is 0.225 e. The van der Waals surface area contributed by atoms with Gasteiger partial charge in [-0.25, -0.2) is 4.39 Å². The van der Waals surface area contributed by atoms with Gasteiger partial charge in [0.2, 0.25) is 5.91 Å². The topological polar surface area (TPSA) is 67.1 Å². The third kappa shape index (κ3) is 4.40.